The van der Waals surface area contributed by atoms with Gasteiger partial charge in [-0.2, -0.15) is 0 Å². The molecule has 0 aromatic heterocycles. The number of ether oxygens (including phenoxy) is 2. The average molecular weight is 318 g/mol. The third kappa shape index (κ3) is 3.02. The molecule has 2 aliphatic carbocycles. The van der Waals surface area contributed by atoms with Crippen LogP contribution >= 0.6 is 0 Å². The molecule has 0 unspecified atom stereocenters. The van der Waals surface area contributed by atoms with E-state index in [9.17, 15) is 5.21 Å². The Kier molecular flexibility index (Phi) is 4.76. The van der Waals surface area contributed by atoms with Crippen molar-refractivity contribution in [2.75, 3.05) is 27.8 Å². The largest absolute Gasteiger partial charge is 0.493 e. The van der Waals surface area contributed by atoms with Crippen LogP contribution in [-0.2, 0) is 6.42 Å². The van der Waals surface area contributed by atoms with Gasteiger partial charge in [0, 0.05) is 12.5 Å². The highest BCUT2D eigenvalue weighted by Crippen LogP contribution is 2.44. The maximum atomic E-state index is 9.35. The second-order valence-corrected chi connectivity index (χ2v) is 6.66. The normalized spacial score (nSPS) is 27.8. The molecule has 5 nitrogen and oxygen atoms in total. The summed E-state index contributed by atoms with van der Waals surface area (Å²) < 4.78 is 10.6. The number of methoxy groups -OCH3 is 2. The van der Waals surface area contributed by atoms with Crippen LogP contribution in [0.25, 0.3) is 0 Å². The first kappa shape index (κ1) is 16.1. The minimum absolute atomic E-state index is 0.305. The Hall–Kier alpha value is -1.75. The van der Waals surface area contributed by atoms with Crippen LogP contribution in [0, 0.1) is 11.8 Å². The highest BCUT2D eigenvalue weighted by atomic mass is 16.5. The molecule has 1 aromatic carbocycles. The first-order valence-corrected chi connectivity index (χ1v) is 8.31. The lowest BCUT2D eigenvalue weighted by atomic mass is 9.92. The molecule has 0 radical (unpaired) electrons. The summed E-state index contributed by atoms with van der Waals surface area (Å²) in [4.78, 5) is 2.34. The first-order valence-electron chi connectivity index (χ1n) is 8.31. The molecule has 1 aromatic rings. The molecule has 126 valence electrons. The van der Waals surface area contributed by atoms with Gasteiger partial charge in [-0.05, 0) is 56.3 Å². The van der Waals surface area contributed by atoms with Crippen LogP contribution in [-0.4, -0.2) is 49.7 Å². The first-order chi connectivity index (χ1) is 11.2. The number of fused-ring (bicyclic) bond motifs is 2. The minimum Gasteiger partial charge on any atom is -0.493 e. The molecule has 0 aliphatic heterocycles. The average Bonchev–Trinajstić information content (AvgIpc) is 3.20. The van der Waals surface area contributed by atoms with Crippen LogP contribution in [0.1, 0.15) is 24.8 Å². The van der Waals surface area contributed by atoms with Gasteiger partial charge in [0.1, 0.15) is 0 Å². The summed E-state index contributed by atoms with van der Waals surface area (Å²) in [6.07, 6.45) is 4.56. The summed E-state index contributed by atoms with van der Waals surface area (Å²) in [6.45, 7) is 0.933. The zero-order valence-electron chi connectivity index (χ0n) is 14.2. The summed E-state index contributed by atoms with van der Waals surface area (Å²) in [5.74, 6) is 2.68. The van der Waals surface area contributed by atoms with Gasteiger partial charge in [-0.15, -0.1) is 0 Å². The zero-order chi connectivity index (χ0) is 16.4. The lowest BCUT2D eigenvalue weighted by Gasteiger charge is -2.31. The van der Waals surface area contributed by atoms with Crippen molar-refractivity contribution in [3.05, 3.63) is 23.8 Å². The number of hydrogen-bond donors (Lipinski definition) is 1. The number of oxime groups is 1. The van der Waals surface area contributed by atoms with Crippen LogP contribution in [0.4, 0.5) is 0 Å². The van der Waals surface area contributed by atoms with Crippen LogP contribution in [0.3, 0.4) is 0 Å². The highest BCUT2D eigenvalue weighted by molar-refractivity contribution is 5.94. The van der Waals surface area contributed by atoms with Crippen molar-refractivity contribution >= 4 is 5.71 Å². The van der Waals surface area contributed by atoms with E-state index in [0.29, 0.717) is 17.9 Å². The molecular weight excluding hydrogens is 292 g/mol. The molecule has 3 atom stereocenters. The van der Waals surface area contributed by atoms with Gasteiger partial charge in [-0.3, -0.25) is 4.90 Å². The third-order valence-electron chi connectivity index (χ3n) is 5.43. The van der Waals surface area contributed by atoms with Crippen LogP contribution in [0.2, 0.25) is 0 Å². The second-order valence-electron chi connectivity index (χ2n) is 6.66. The van der Waals surface area contributed by atoms with Gasteiger partial charge in [-0.1, -0.05) is 11.2 Å². The Morgan fingerprint density at radius 2 is 2.00 bits per heavy atom. The summed E-state index contributed by atoms with van der Waals surface area (Å²) in [5, 5.41) is 13.0. The standard InChI is InChI=1S/C18H26N2O3/c1-20(18-14-6-5-13(11-14)17(18)19-21)9-8-12-4-7-15(22-2)16(10-12)23-3/h4,7,10,13-14,18,21H,5-6,8-9,11H2,1-3H3/b19-17+/t13-,14-,18+/m0/s1. The minimum atomic E-state index is 0.305. The van der Waals surface area contributed by atoms with Crippen molar-refractivity contribution in [1.82, 2.24) is 4.90 Å². The summed E-state index contributed by atoms with van der Waals surface area (Å²) >= 11 is 0. The molecule has 2 aliphatic rings. The molecular formula is C18H26N2O3. The van der Waals surface area contributed by atoms with Crippen molar-refractivity contribution in [3.8, 4) is 11.5 Å². The molecule has 0 amide bonds. The van der Waals surface area contributed by atoms with Gasteiger partial charge in [0.05, 0.1) is 26.0 Å². The fourth-order valence-corrected chi connectivity index (χ4v) is 4.26. The molecule has 23 heavy (non-hydrogen) atoms. The van der Waals surface area contributed by atoms with Gasteiger partial charge in [-0.25, -0.2) is 0 Å². The van der Waals surface area contributed by atoms with E-state index in [-0.39, 0.29) is 0 Å². The summed E-state index contributed by atoms with van der Waals surface area (Å²) in [7, 11) is 5.44. The van der Waals surface area contributed by atoms with Gasteiger partial charge >= 0.3 is 0 Å². The van der Waals surface area contributed by atoms with Crippen molar-refractivity contribution in [1.29, 1.82) is 0 Å². The van der Waals surface area contributed by atoms with E-state index in [0.717, 1.165) is 30.2 Å². The monoisotopic (exact) mass is 318 g/mol. The maximum Gasteiger partial charge on any atom is 0.160 e. The number of rotatable bonds is 6. The van der Waals surface area contributed by atoms with E-state index >= 15 is 0 Å². The number of benzene rings is 1. The van der Waals surface area contributed by atoms with Gasteiger partial charge in [0.15, 0.2) is 11.5 Å². The zero-order valence-corrected chi connectivity index (χ0v) is 14.2. The Labute approximate surface area is 137 Å². The van der Waals surface area contributed by atoms with Crippen LogP contribution in [0.15, 0.2) is 23.4 Å². The molecule has 2 fully saturated rings. The van der Waals surface area contributed by atoms with Gasteiger partial charge < -0.3 is 14.7 Å². The molecule has 0 spiro atoms. The van der Waals surface area contributed by atoms with Gasteiger partial charge in [0.2, 0.25) is 0 Å². The molecule has 3 rings (SSSR count). The Balaban J connectivity index is 1.64. The second kappa shape index (κ2) is 6.79. The summed E-state index contributed by atoms with van der Waals surface area (Å²) in [6, 6.07) is 6.37. The Morgan fingerprint density at radius 3 is 2.70 bits per heavy atom. The van der Waals surface area contributed by atoms with E-state index in [2.05, 4.69) is 23.2 Å². The Bertz CT molecular complexity index is 588. The molecule has 5 heteroatoms. The predicted molar refractivity (Wildman–Crippen MR) is 89.7 cm³/mol. The van der Waals surface area contributed by atoms with Crippen molar-refractivity contribution in [3.63, 3.8) is 0 Å². The van der Waals surface area contributed by atoms with Crippen molar-refractivity contribution in [2.24, 2.45) is 17.0 Å². The molecule has 0 heterocycles. The van der Waals surface area contributed by atoms with E-state index < -0.39 is 0 Å². The number of hydrogen-bond acceptors (Lipinski definition) is 5. The van der Waals surface area contributed by atoms with Crippen molar-refractivity contribution < 1.29 is 14.7 Å². The van der Waals surface area contributed by atoms with E-state index in [1.54, 1.807) is 14.2 Å². The number of likely N-dealkylation sites (N-methyl/N-ethyl adjacent to an activating group) is 1. The Morgan fingerprint density at radius 1 is 1.22 bits per heavy atom. The maximum absolute atomic E-state index is 9.35. The molecule has 1 N–H and O–H groups in total. The van der Waals surface area contributed by atoms with Gasteiger partial charge in [0.25, 0.3) is 0 Å². The van der Waals surface area contributed by atoms with Crippen LogP contribution in [0.5, 0.6) is 11.5 Å². The number of nitrogens with zero attached hydrogens (tertiary/aromatic N) is 2. The molecule has 0 saturated heterocycles. The van der Waals surface area contributed by atoms with Crippen molar-refractivity contribution in [2.45, 2.75) is 31.7 Å². The SMILES string of the molecule is COc1ccc(CCN(C)[C@H]2/C(=N/O)[C@H]3CC[C@H]2C3)cc1OC. The third-order valence-corrected chi connectivity index (χ3v) is 5.43. The predicted octanol–water partition coefficient (Wildman–Crippen LogP) is 2.81. The lowest BCUT2D eigenvalue weighted by Crippen LogP contribution is -2.43. The van der Waals surface area contributed by atoms with E-state index in [1.807, 2.05) is 12.1 Å². The van der Waals surface area contributed by atoms with E-state index in [4.69, 9.17) is 9.47 Å². The fraction of sp³-hybridized carbons (Fsp3) is 0.611. The fourth-order valence-electron chi connectivity index (χ4n) is 4.26. The van der Waals surface area contributed by atoms with E-state index in [1.165, 1.54) is 24.8 Å². The molecule has 2 saturated carbocycles. The molecule has 2 bridgehead atoms. The highest BCUT2D eigenvalue weighted by Gasteiger charge is 2.47. The smallest absolute Gasteiger partial charge is 0.160 e. The summed E-state index contributed by atoms with van der Waals surface area (Å²) in [5.41, 5.74) is 2.22. The topological polar surface area (TPSA) is 54.3 Å². The van der Waals surface area contributed by atoms with Crippen LogP contribution < -0.4 is 9.47 Å². The lowest BCUT2D eigenvalue weighted by molar-refractivity contribution is 0.231. The quantitative estimate of drug-likeness (QED) is 0.647.